The zero-order valence-electron chi connectivity index (χ0n) is 15.4. The van der Waals surface area contributed by atoms with E-state index >= 15 is 0 Å². The van der Waals surface area contributed by atoms with Crippen LogP contribution in [0.4, 0.5) is 0 Å². The Kier molecular flexibility index (Phi) is 4.65. The fourth-order valence-electron chi connectivity index (χ4n) is 4.12. The zero-order chi connectivity index (χ0) is 17.5. The number of phenols is 1. The number of hydrogen-bond acceptors (Lipinski definition) is 3. The van der Waals surface area contributed by atoms with Crippen molar-refractivity contribution in [3.8, 4) is 11.5 Å². The summed E-state index contributed by atoms with van der Waals surface area (Å²) in [6, 6.07) is 3.91. The molecule has 2 atom stereocenters. The zero-order valence-corrected chi connectivity index (χ0v) is 15.4. The number of aliphatic hydroxyl groups is 1. The molecular formula is C21H30O3. The van der Waals surface area contributed by atoms with Gasteiger partial charge in [-0.25, -0.2) is 0 Å². The Morgan fingerprint density at radius 3 is 2.71 bits per heavy atom. The maximum absolute atomic E-state index is 10.8. The van der Waals surface area contributed by atoms with E-state index in [9.17, 15) is 10.2 Å². The highest BCUT2D eigenvalue weighted by Crippen LogP contribution is 2.51. The minimum absolute atomic E-state index is 0.203. The molecule has 132 valence electrons. The van der Waals surface area contributed by atoms with Gasteiger partial charge < -0.3 is 14.9 Å². The molecule has 0 saturated carbocycles. The SMILES string of the molecule is CCCCCc1cc(O)c2c(c1)OC(C)(C)C1=C2[C@H](O)C(C)CC1. The van der Waals surface area contributed by atoms with Gasteiger partial charge in [0.05, 0.1) is 11.7 Å². The molecule has 1 aliphatic heterocycles. The fourth-order valence-corrected chi connectivity index (χ4v) is 4.12. The second-order valence-electron chi connectivity index (χ2n) is 7.91. The summed E-state index contributed by atoms with van der Waals surface area (Å²) in [7, 11) is 0. The second-order valence-corrected chi connectivity index (χ2v) is 7.91. The first-order chi connectivity index (χ1) is 11.3. The molecule has 1 aliphatic carbocycles. The molecule has 0 fully saturated rings. The molecule has 1 aromatic rings. The maximum Gasteiger partial charge on any atom is 0.132 e. The van der Waals surface area contributed by atoms with Gasteiger partial charge in [-0.15, -0.1) is 0 Å². The van der Waals surface area contributed by atoms with Crippen LogP contribution >= 0.6 is 0 Å². The van der Waals surface area contributed by atoms with E-state index in [1.165, 1.54) is 12.8 Å². The molecule has 0 radical (unpaired) electrons. The summed E-state index contributed by atoms with van der Waals surface area (Å²) in [6.45, 7) is 8.39. The monoisotopic (exact) mass is 330 g/mol. The Hall–Kier alpha value is -1.48. The highest BCUT2D eigenvalue weighted by molar-refractivity contribution is 5.83. The standard InChI is InChI=1S/C21H30O3/c1-5-6-7-8-14-11-16(22)19-17(12-14)24-21(3,4)15-10-9-13(2)20(23)18(15)19/h11-13,20,22-23H,5-10H2,1-4H3/t13?,20-/m1/s1. The average Bonchev–Trinajstić information content (AvgIpc) is 2.50. The summed E-state index contributed by atoms with van der Waals surface area (Å²) in [5.41, 5.74) is 3.42. The summed E-state index contributed by atoms with van der Waals surface area (Å²) >= 11 is 0. The van der Waals surface area contributed by atoms with Crippen LogP contribution in [0.2, 0.25) is 0 Å². The molecule has 3 rings (SSSR count). The number of fused-ring (bicyclic) bond motifs is 2. The second kappa shape index (κ2) is 6.44. The van der Waals surface area contributed by atoms with Crippen LogP contribution in [0.15, 0.2) is 17.7 Å². The summed E-state index contributed by atoms with van der Waals surface area (Å²) in [5.74, 6) is 1.17. The first-order valence-corrected chi connectivity index (χ1v) is 9.32. The lowest BCUT2D eigenvalue weighted by molar-refractivity contribution is 0.109. The number of hydrogen-bond donors (Lipinski definition) is 2. The first kappa shape index (κ1) is 17.3. The molecule has 3 nitrogen and oxygen atoms in total. The fraction of sp³-hybridized carbons (Fsp3) is 0.619. The number of aliphatic hydroxyl groups excluding tert-OH is 1. The van der Waals surface area contributed by atoms with E-state index in [2.05, 4.69) is 33.8 Å². The van der Waals surface area contributed by atoms with E-state index in [0.717, 1.165) is 48.1 Å². The van der Waals surface area contributed by atoms with Crippen molar-refractivity contribution in [1.82, 2.24) is 0 Å². The quantitative estimate of drug-likeness (QED) is 0.777. The Morgan fingerprint density at radius 1 is 1.25 bits per heavy atom. The molecule has 0 spiro atoms. The van der Waals surface area contributed by atoms with Crippen molar-refractivity contribution in [2.75, 3.05) is 0 Å². The number of unbranched alkanes of at least 4 members (excludes halogenated alkanes) is 2. The van der Waals surface area contributed by atoms with Crippen molar-refractivity contribution >= 4 is 5.57 Å². The van der Waals surface area contributed by atoms with Crippen LogP contribution < -0.4 is 4.74 Å². The normalized spacial score (nSPS) is 25.0. The minimum atomic E-state index is -0.535. The Balaban J connectivity index is 2.06. The maximum atomic E-state index is 10.8. The molecule has 0 amide bonds. The Bertz CT molecular complexity index is 657. The van der Waals surface area contributed by atoms with Gasteiger partial charge in [-0.1, -0.05) is 26.7 Å². The molecule has 2 N–H and O–H groups in total. The van der Waals surface area contributed by atoms with Crippen molar-refractivity contribution in [3.63, 3.8) is 0 Å². The summed E-state index contributed by atoms with van der Waals surface area (Å²) in [4.78, 5) is 0. The molecule has 0 bridgehead atoms. The van der Waals surface area contributed by atoms with E-state index in [4.69, 9.17) is 4.74 Å². The lowest BCUT2D eigenvalue weighted by atomic mass is 9.72. The molecule has 2 aliphatic rings. The van der Waals surface area contributed by atoms with Crippen LogP contribution in [0.1, 0.15) is 70.9 Å². The lowest BCUT2D eigenvalue weighted by Crippen LogP contribution is -2.40. The van der Waals surface area contributed by atoms with Gasteiger partial charge in [-0.3, -0.25) is 0 Å². The van der Waals surface area contributed by atoms with Gasteiger partial charge in [0.2, 0.25) is 0 Å². The number of aryl methyl sites for hydroxylation is 1. The van der Waals surface area contributed by atoms with Crippen LogP contribution in [0.5, 0.6) is 11.5 Å². The van der Waals surface area contributed by atoms with Crippen molar-refractivity contribution in [1.29, 1.82) is 0 Å². The third-order valence-electron chi connectivity index (χ3n) is 5.58. The van der Waals surface area contributed by atoms with Crippen molar-refractivity contribution in [3.05, 3.63) is 28.8 Å². The van der Waals surface area contributed by atoms with Crippen molar-refractivity contribution in [2.45, 2.75) is 77.9 Å². The summed E-state index contributed by atoms with van der Waals surface area (Å²) in [5, 5.41) is 21.5. The van der Waals surface area contributed by atoms with E-state index < -0.39 is 11.7 Å². The molecular weight excluding hydrogens is 300 g/mol. The van der Waals surface area contributed by atoms with Crippen molar-refractivity contribution in [2.24, 2.45) is 5.92 Å². The predicted octanol–water partition coefficient (Wildman–Crippen LogP) is 4.84. The number of benzene rings is 1. The minimum Gasteiger partial charge on any atom is -0.507 e. The molecule has 1 heterocycles. The van der Waals surface area contributed by atoms with Gasteiger partial charge in [-0.05, 0) is 74.3 Å². The first-order valence-electron chi connectivity index (χ1n) is 9.32. The topological polar surface area (TPSA) is 49.7 Å². The Morgan fingerprint density at radius 2 is 2.00 bits per heavy atom. The number of rotatable bonds is 4. The molecule has 1 aromatic carbocycles. The van der Waals surface area contributed by atoms with E-state index in [0.29, 0.717) is 5.56 Å². The molecule has 0 saturated heterocycles. The predicted molar refractivity (Wildman–Crippen MR) is 97.4 cm³/mol. The van der Waals surface area contributed by atoms with Gasteiger partial charge in [0.1, 0.15) is 17.1 Å². The van der Waals surface area contributed by atoms with Crippen LogP contribution in [0.3, 0.4) is 0 Å². The van der Waals surface area contributed by atoms with Gasteiger partial charge in [0, 0.05) is 0 Å². The van der Waals surface area contributed by atoms with Gasteiger partial charge >= 0.3 is 0 Å². The number of ether oxygens (including phenoxy) is 1. The lowest BCUT2D eigenvalue weighted by Gasteiger charge is -2.43. The van der Waals surface area contributed by atoms with E-state index in [1.54, 1.807) is 0 Å². The van der Waals surface area contributed by atoms with Crippen LogP contribution in [-0.2, 0) is 6.42 Å². The largest absolute Gasteiger partial charge is 0.507 e. The van der Waals surface area contributed by atoms with E-state index in [1.807, 2.05) is 6.07 Å². The molecule has 24 heavy (non-hydrogen) atoms. The highest BCUT2D eigenvalue weighted by Gasteiger charge is 2.42. The third-order valence-corrected chi connectivity index (χ3v) is 5.58. The summed E-state index contributed by atoms with van der Waals surface area (Å²) in [6.07, 6.45) is 5.77. The van der Waals surface area contributed by atoms with Crippen molar-refractivity contribution < 1.29 is 14.9 Å². The smallest absolute Gasteiger partial charge is 0.132 e. The highest BCUT2D eigenvalue weighted by atomic mass is 16.5. The van der Waals surface area contributed by atoms with Gasteiger partial charge in [0.15, 0.2) is 0 Å². The Labute approximate surface area is 145 Å². The number of aromatic hydroxyl groups is 1. The molecule has 1 unspecified atom stereocenters. The van der Waals surface area contributed by atoms with Gasteiger partial charge in [-0.2, -0.15) is 0 Å². The molecule has 3 heteroatoms. The van der Waals surface area contributed by atoms with Crippen LogP contribution in [0, 0.1) is 5.92 Å². The average molecular weight is 330 g/mol. The number of phenolic OH excluding ortho intramolecular Hbond substituents is 1. The van der Waals surface area contributed by atoms with Crippen LogP contribution in [0.25, 0.3) is 5.57 Å². The van der Waals surface area contributed by atoms with Gasteiger partial charge in [0.25, 0.3) is 0 Å². The third kappa shape index (κ3) is 2.95. The van der Waals surface area contributed by atoms with E-state index in [-0.39, 0.29) is 11.7 Å². The van der Waals surface area contributed by atoms with Crippen LogP contribution in [-0.4, -0.2) is 21.9 Å². The molecule has 0 aromatic heterocycles. The summed E-state index contributed by atoms with van der Waals surface area (Å²) < 4.78 is 6.27.